The number of para-hydroxylation sites is 2. The van der Waals surface area contributed by atoms with E-state index in [9.17, 15) is 4.79 Å². The largest absolute Gasteiger partial charge is 0.338 e. The summed E-state index contributed by atoms with van der Waals surface area (Å²) in [7, 11) is 0. The highest BCUT2D eigenvalue weighted by Crippen LogP contribution is 2.22. The van der Waals surface area contributed by atoms with Gasteiger partial charge in [0.15, 0.2) is 0 Å². The van der Waals surface area contributed by atoms with Crippen molar-refractivity contribution in [3.63, 3.8) is 0 Å². The summed E-state index contributed by atoms with van der Waals surface area (Å²) in [6.07, 6.45) is 0. The van der Waals surface area contributed by atoms with Gasteiger partial charge in [-0.25, -0.2) is 4.98 Å². The Labute approximate surface area is 149 Å². The average molecular weight is 338 g/mol. The van der Waals surface area contributed by atoms with Crippen molar-refractivity contribution >= 4 is 22.6 Å². The first kappa shape index (κ1) is 15.6. The molecule has 0 unspecified atom stereocenters. The molecule has 5 heteroatoms. The van der Waals surface area contributed by atoms with Crippen LogP contribution in [0, 0.1) is 11.3 Å². The first-order chi connectivity index (χ1) is 12.7. The highest BCUT2D eigenvalue weighted by molar-refractivity contribution is 6.05. The predicted octanol–water partition coefficient (Wildman–Crippen LogP) is 4.35. The van der Waals surface area contributed by atoms with Crippen molar-refractivity contribution in [3.05, 3.63) is 83.9 Å². The first-order valence-corrected chi connectivity index (χ1v) is 8.10. The third-order valence-electron chi connectivity index (χ3n) is 4.06. The number of amides is 1. The second-order valence-electron chi connectivity index (χ2n) is 5.83. The molecule has 4 rings (SSSR count). The lowest BCUT2D eigenvalue weighted by Crippen LogP contribution is -2.11. The second kappa shape index (κ2) is 6.54. The fraction of sp³-hybridized carbons (Fsp3) is 0. The molecule has 0 radical (unpaired) electrons. The number of nitriles is 1. The van der Waals surface area contributed by atoms with Gasteiger partial charge in [0.25, 0.3) is 5.91 Å². The van der Waals surface area contributed by atoms with E-state index in [0.717, 1.165) is 22.4 Å². The van der Waals surface area contributed by atoms with Crippen LogP contribution in [0.15, 0.2) is 72.8 Å². The Balaban J connectivity index is 1.60. The summed E-state index contributed by atoms with van der Waals surface area (Å²) < 4.78 is 0. The lowest BCUT2D eigenvalue weighted by atomic mass is 10.1. The van der Waals surface area contributed by atoms with Crippen LogP contribution in [-0.2, 0) is 0 Å². The van der Waals surface area contributed by atoms with Crippen molar-refractivity contribution in [2.24, 2.45) is 0 Å². The van der Waals surface area contributed by atoms with Crippen LogP contribution in [0.25, 0.3) is 22.4 Å². The van der Waals surface area contributed by atoms with E-state index in [4.69, 9.17) is 5.26 Å². The van der Waals surface area contributed by atoms with Crippen molar-refractivity contribution in [2.75, 3.05) is 5.32 Å². The molecule has 1 aromatic heterocycles. The molecule has 0 fully saturated rings. The van der Waals surface area contributed by atoms with Gasteiger partial charge >= 0.3 is 0 Å². The van der Waals surface area contributed by atoms with Crippen LogP contribution >= 0.6 is 0 Å². The number of hydrogen-bond acceptors (Lipinski definition) is 3. The molecule has 0 saturated heterocycles. The van der Waals surface area contributed by atoms with E-state index in [1.165, 1.54) is 0 Å². The molecule has 0 bridgehead atoms. The molecule has 4 aromatic rings. The summed E-state index contributed by atoms with van der Waals surface area (Å²) in [6.45, 7) is 0. The summed E-state index contributed by atoms with van der Waals surface area (Å²) in [4.78, 5) is 20.4. The first-order valence-electron chi connectivity index (χ1n) is 8.10. The number of carbonyl (C=O) groups is 1. The van der Waals surface area contributed by atoms with Gasteiger partial charge in [-0.15, -0.1) is 0 Å². The Kier molecular flexibility index (Phi) is 3.92. The van der Waals surface area contributed by atoms with Crippen molar-refractivity contribution in [2.45, 2.75) is 0 Å². The van der Waals surface area contributed by atoms with Gasteiger partial charge in [0.05, 0.1) is 22.7 Å². The van der Waals surface area contributed by atoms with Crippen LogP contribution in [0.2, 0.25) is 0 Å². The molecule has 1 heterocycles. The van der Waals surface area contributed by atoms with Crippen LogP contribution in [0.5, 0.6) is 0 Å². The van der Waals surface area contributed by atoms with Crippen LogP contribution in [0.4, 0.5) is 5.69 Å². The number of rotatable bonds is 3. The van der Waals surface area contributed by atoms with Gasteiger partial charge in [-0.2, -0.15) is 5.26 Å². The van der Waals surface area contributed by atoms with Gasteiger partial charge in [-0.05, 0) is 48.5 Å². The van der Waals surface area contributed by atoms with Crippen LogP contribution in [0.3, 0.4) is 0 Å². The number of nitrogens with zero attached hydrogens (tertiary/aromatic N) is 2. The zero-order chi connectivity index (χ0) is 17.9. The molecule has 1 amide bonds. The number of anilines is 1. The zero-order valence-electron chi connectivity index (χ0n) is 13.7. The third-order valence-corrected chi connectivity index (χ3v) is 4.06. The Morgan fingerprint density at radius 2 is 1.81 bits per heavy atom. The Bertz CT molecular complexity index is 1100. The second-order valence-corrected chi connectivity index (χ2v) is 5.83. The number of benzene rings is 3. The fourth-order valence-electron chi connectivity index (χ4n) is 2.73. The number of aromatic nitrogens is 2. The molecule has 0 spiro atoms. The molecule has 0 atom stereocenters. The minimum atomic E-state index is -0.215. The van der Waals surface area contributed by atoms with E-state index in [2.05, 4.69) is 21.4 Å². The molecule has 0 aliphatic rings. The van der Waals surface area contributed by atoms with Crippen LogP contribution in [-0.4, -0.2) is 15.9 Å². The minimum absolute atomic E-state index is 0.215. The molecular formula is C21H14N4O. The molecule has 26 heavy (non-hydrogen) atoms. The summed E-state index contributed by atoms with van der Waals surface area (Å²) >= 11 is 0. The third kappa shape index (κ3) is 3.04. The Hall–Kier alpha value is -3.91. The number of aromatic amines is 1. The summed E-state index contributed by atoms with van der Waals surface area (Å²) in [5.41, 5.74) is 4.41. The number of fused-ring (bicyclic) bond motifs is 1. The lowest BCUT2D eigenvalue weighted by Gasteiger charge is -2.06. The van der Waals surface area contributed by atoms with E-state index in [0.29, 0.717) is 16.8 Å². The summed E-state index contributed by atoms with van der Waals surface area (Å²) in [5, 5.41) is 11.7. The monoisotopic (exact) mass is 338 g/mol. The smallest absolute Gasteiger partial charge is 0.255 e. The minimum Gasteiger partial charge on any atom is -0.338 e. The highest BCUT2D eigenvalue weighted by Gasteiger charge is 2.10. The van der Waals surface area contributed by atoms with Crippen molar-refractivity contribution in [3.8, 4) is 17.5 Å². The number of carbonyl (C=O) groups excluding carboxylic acids is 1. The van der Waals surface area contributed by atoms with Crippen LogP contribution in [0.1, 0.15) is 15.9 Å². The van der Waals surface area contributed by atoms with Gasteiger partial charge < -0.3 is 10.3 Å². The van der Waals surface area contributed by atoms with Gasteiger partial charge in [0.2, 0.25) is 0 Å². The Morgan fingerprint density at radius 3 is 2.58 bits per heavy atom. The number of H-pyrrole nitrogens is 1. The van der Waals surface area contributed by atoms with Crippen LogP contribution < -0.4 is 5.32 Å². The maximum absolute atomic E-state index is 12.5. The molecule has 0 saturated carbocycles. The van der Waals surface area contributed by atoms with E-state index < -0.39 is 0 Å². The molecule has 124 valence electrons. The number of hydrogen-bond donors (Lipinski definition) is 2. The molecule has 5 nitrogen and oxygen atoms in total. The fourth-order valence-corrected chi connectivity index (χ4v) is 2.73. The van der Waals surface area contributed by atoms with Crippen molar-refractivity contribution < 1.29 is 4.79 Å². The predicted molar refractivity (Wildman–Crippen MR) is 101 cm³/mol. The Morgan fingerprint density at radius 1 is 1.00 bits per heavy atom. The van der Waals surface area contributed by atoms with Crippen molar-refractivity contribution in [1.29, 1.82) is 5.26 Å². The molecule has 2 N–H and O–H groups in total. The van der Waals surface area contributed by atoms with E-state index in [1.807, 2.05) is 36.4 Å². The van der Waals surface area contributed by atoms with Gasteiger partial charge in [-0.3, -0.25) is 4.79 Å². The van der Waals surface area contributed by atoms with Gasteiger partial charge in [0.1, 0.15) is 5.82 Å². The summed E-state index contributed by atoms with van der Waals surface area (Å²) in [5.74, 6) is 0.506. The van der Waals surface area contributed by atoms with Gasteiger partial charge in [-0.1, -0.05) is 24.3 Å². The van der Waals surface area contributed by atoms with Gasteiger partial charge in [0, 0.05) is 16.8 Å². The topological polar surface area (TPSA) is 81.6 Å². The summed E-state index contributed by atoms with van der Waals surface area (Å²) in [6, 6.07) is 23.9. The lowest BCUT2D eigenvalue weighted by molar-refractivity contribution is 0.102. The number of imidazole rings is 1. The van der Waals surface area contributed by atoms with Crippen molar-refractivity contribution in [1.82, 2.24) is 9.97 Å². The molecule has 0 aliphatic carbocycles. The molecular weight excluding hydrogens is 324 g/mol. The van der Waals surface area contributed by atoms with E-state index >= 15 is 0 Å². The zero-order valence-corrected chi connectivity index (χ0v) is 13.7. The SMILES string of the molecule is N#Cc1ccc(NC(=O)c2cccc(-c3nc4ccccc4[nH]3)c2)cc1. The highest BCUT2D eigenvalue weighted by atomic mass is 16.1. The van der Waals surface area contributed by atoms with E-state index in [1.54, 1.807) is 36.4 Å². The maximum Gasteiger partial charge on any atom is 0.255 e. The number of nitrogens with one attached hydrogen (secondary N) is 2. The standard InChI is InChI=1S/C21H14N4O/c22-13-14-8-10-17(11-9-14)23-21(26)16-5-3-4-15(12-16)20-24-18-6-1-2-7-19(18)25-20/h1-12H,(H,23,26)(H,24,25). The molecule has 3 aromatic carbocycles. The average Bonchev–Trinajstić information content (AvgIpc) is 3.13. The molecule has 0 aliphatic heterocycles. The quantitative estimate of drug-likeness (QED) is 0.582. The van der Waals surface area contributed by atoms with E-state index in [-0.39, 0.29) is 5.91 Å². The normalized spacial score (nSPS) is 10.4. The maximum atomic E-state index is 12.5.